The van der Waals surface area contributed by atoms with Gasteiger partial charge in [-0.1, -0.05) is 273 Å². The smallest absolute Gasteiger partial charge is 0.0713 e. The molecule has 0 amide bonds. The van der Waals surface area contributed by atoms with Crippen molar-refractivity contribution in [2.75, 3.05) is 0 Å². The molecule has 0 bridgehead atoms. The first kappa shape index (κ1) is 52.9. The Morgan fingerprint density at radius 2 is 0.487 bits per heavy atom. The van der Waals surface area contributed by atoms with Crippen molar-refractivity contribution in [3.8, 4) is 77.9 Å². The van der Waals surface area contributed by atoms with Gasteiger partial charge < -0.3 is 0 Å². The summed E-state index contributed by atoms with van der Waals surface area (Å²) in [5.41, 5.74) is 27.8. The maximum Gasteiger partial charge on any atom is 0.0713 e. The molecule has 3 aliphatic rings. The van der Waals surface area contributed by atoms with Crippen LogP contribution in [0.5, 0.6) is 0 Å². The Labute approximate surface area is 478 Å². The van der Waals surface area contributed by atoms with Gasteiger partial charge in [0.25, 0.3) is 0 Å². The Kier molecular flexibility index (Phi) is 12.1. The molecule has 0 saturated heterocycles. The number of hydrogen-bond acceptors (Lipinski definition) is 0. The van der Waals surface area contributed by atoms with Crippen molar-refractivity contribution < 1.29 is 0 Å². The fourth-order valence-corrected chi connectivity index (χ4v) is 14.9. The predicted octanol–water partition coefficient (Wildman–Crippen LogP) is 21.9. The second-order valence-electron chi connectivity index (χ2n) is 26.6. The summed E-state index contributed by atoms with van der Waals surface area (Å²) in [6.45, 7) is 29.3. The van der Waals surface area contributed by atoms with Gasteiger partial charge in [0.2, 0.25) is 0 Å². The van der Waals surface area contributed by atoms with Gasteiger partial charge in [0.05, 0.1) is 5.41 Å². The summed E-state index contributed by atoms with van der Waals surface area (Å²) in [7, 11) is 0. The summed E-state index contributed by atoms with van der Waals surface area (Å²) in [6, 6.07) is 88.3. The van der Waals surface area contributed by atoms with E-state index in [1.165, 1.54) is 122 Å². The molecule has 0 atom stereocenters. The number of benzene rings is 10. The summed E-state index contributed by atoms with van der Waals surface area (Å²) in [6.07, 6.45) is 0. The van der Waals surface area contributed by atoms with Crippen LogP contribution in [0.25, 0.3) is 77.9 Å². The molecule has 0 heteroatoms. The van der Waals surface area contributed by atoms with E-state index < -0.39 is 5.41 Å². The Balaban J connectivity index is 0.00000637. The van der Waals surface area contributed by atoms with Gasteiger partial charge in [-0.2, -0.15) is 0 Å². The lowest BCUT2D eigenvalue weighted by atomic mass is 9.59. The molecule has 0 heterocycles. The van der Waals surface area contributed by atoms with E-state index in [0.29, 0.717) is 0 Å². The second kappa shape index (κ2) is 18.4. The SMILES string of the molecule is C.CC1(C)c2ccc(-c3cc(-c4ccccc4)cc(-c4cccc(C5(c6cccc(-c7cc(-c8ccccc8)cc(-c8ccc9c(c8)C(C)(C)C(C)(C)C9(C)C)c7)c6)c6ccccc6-c6ccccc65)c4)c3)cc2C(C)(C)C1(C)C. The zero-order valence-electron chi connectivity index (χ0n) is 48.4. The minimum Gasteiger partial charge on any atom is -0.0776 e. The van der Waals surface area contributed by atoms with Gasteiger partial charge in [-0.3, -0.25) is 0 Å². The van der Waals surface area contributed by atoms with E-state index in [0.717, 1.165) is 0 Å². The third-order valence-electron chi connectivity index (χ3n) is 21.9. The molecular weight excluding hydrogens is 961 g/mol. The molecule has 0 aliphatic heterocycles. The minimum absolute atomic E-state index is 0. The molecule has 0 saturated carbocycles. The van der Waals surface area contributed by atoms with Gasteiger partial charge in [-0.05, 0) is 203 Å². The van der Waals surface area contributed by atoms with Crippen LogP contribution in [0.15, 0.2) is 231 Å². The van der Waals surface area contributed by atoms with Crippen molar-refractivity contribution in [1.82, 2.24) is 0 Å². The van der Waals surface area contributed by atoms with E-state index in [-0.39, 0.29) is 39.9 Å². The average molecular weight is 1040 g/mol. The van der Waals surface area contributed by atoms with Crippen molar-refractivity contribution in [3.05, 3.63) is 275 Å². The molecule has 0 aromatic heterocycles. The molecule has 80 heavy (non-hydrogen) atoms. The highest BCUT2D eigenvalue weighted by Gasteiger charge is 2.58. The summed E-state index contributed by atoms with van der Waals surface area (Å²) >= 11 is 0. The molecule has 0 N–H and O–H groups in total. The zero-order valence-corrected chi connectivity index (χ0v) is 48.4. The fourth-order valence-electron chi connectivity index (χ4n) is 14.9. The highest BCUT2D eigenvalue weighted by Crippen LogP contribution is 2.64. The van der Waals surface area contributed by atoms with E-state index in [2.05, 4.69) is 314 Å². The number of hydrogen-bond donors (Lipinski definition) is 0. The van der Waals surface area contributed by atoms with Crippen LogP contribution in [-0.2, 0) is 27.1 Å². The monoisotopic (exact) mass is 1040 g/mol. The van der Waals surface area contributed by atoms with Crippen molar-refractivity contribution in [2.24, 2.45) is 10.8 Å². The molecule has 10 aromatic carbocycles. The van der Waals surface area contributed by atoms with Crippen molar-refractivity contribution in [2.45, 2.75) is 118 Å². The Hall–Kier alpha value is -7.80. The van der Waals surface area contributed by atoms with E-state index >= 15 is 0 Å². The molecule has 0 fully saturated rings. The van der Waals surface area contributed by atoms with Crippen LogP contribution in [0.3, 0.4) is 0 Å². The summed E-state index contributed by atoms with van der Waals surface area (Å²) < 4.78 is 0. The third kappa shape index (κ3) is 7.47. The highest BCUT2D eigenvalue weighted by atomic mass is 14.6. The van der Waals surface area contributed by atoms with Crippen LogP contribution in [0, 0.1) is 10.8 Å². The summed E-state index contributed by atoms with van der Waals surface area (Å²) in [4.78, 5) is 0. The Morgan fingerprint density at radius 3 is 0.850 bits per heavy atom. The van der Waals surface area contributed by atoms with Crippen LogP contribution in [0.1, 0.15) is 135 Å². The normalized spacial score (nSPS) is 17.6. The molecule has 3 aliphatic carbocycles. The summed E-state index contributed by atoms with van der Waals surface area (Å²) in [5, 5.41) is 0. The first-order chi connectivity index (χ1) is 37.7. The quantitative estimate of drug-likeness (QED) is 0.142. The third-order valence-corrected chi connectivity index (χ3v) is 21.9. The lowest BCUT2D eigenvalue weighted by Crippen LogP contribution is -2.42. The molecule has 10 aromatic rings. The first-order valence-electron chi connectivity index (χ1n) is 28.8. The van der Waals surface area contributed by atoms with Gasteiger partial charge in [0.15, 0.2) is 0 Å². The van der Waals surface area contributed by atoms with Crippen molar-refractivity contribution in [3.63, 3.8) is 0 Å². The number of fused-ring (bicyclic) bond motifs is 5. The van der Waals surface area contributed by atoms with Crippen LogP contribution >= 0.6 is 0 Å². The maximum atomic E-state index is 2.51. The molecule has 398 valence electrons. The lowest BCUT2D eigenvalue weighted by molar-refractivity contribution is 0.125. The van der Waals surface area contributed by atoms with Gasteiger partial charge in [0, 0.05) is 0 Å². The van der Waals surface area contributed by atoms with Crippen molar-refractivity contribution >= 4 is 0 Å². The molecule has 0 spiro atoms. The Bertz CT molecular complexity index is 3790. The Morgan fingerprint density at radius 1 is 0.200 bits per heavy atom. The lowest BCUT2D eigenvalue weighted by Gasteiger charge is -2.44. The largest absolute Gasteiger partial charge is 0.0776 e. The second-order valence-corrected chi connectivity index (χ2v) is 26.6. The zero-order chi connectivity index (χ0) is 55.1. The molecule has 13 rings (SSSR count). The van der Waals surface area contributed by atoms with E-state index in [1.807, 2.05) is 0 Å². The number of rotatable bonds is 8. The van der Waals surface area contributed by atoms with Crippen LogP contribution in [0.4, 0.5) is 0 Å². The van der Waals surface area contributed by atoms with E-state index in [4.69, 9.17) is 0 Å². The maximum absolute atomic E-state index is 2.51. The van der Waals surface area contributed by atoms with Gasteiger partial charge in [-0.15, -0.1) is 0 Å². The molecule has 0 unspecified atom stereocenters. The van der Waals surface area contributed by atoms with Crippen LogP contribution in [-0.4, -0.2) is 0 Å². The van der Waals surface area contributed by atoms with Gasteiger partial charge in [0.1, 0.15) is 0 Å². The molecule has 0 nitrogen and oxygen atoms in total. The first-order valence-corrected chi connectivity index (χ1v) is 28.8. The van der Waals surface area contributed by atoms with Crippen LogP contribution in [0.2, 0.25) is 0 Å². The topological polar surface area (TPSA) is 0 Å². The molecule has 0 radical (unpaired) electrons. The van der Waals surface area contributed by atoms with Gasteiger partial charge in [-0.25, -0.2) is 0 Å². The average Bonchev–Trinajstić information content (AvgIpc) is 2.41. The van der Waals surface area contributed by atoms with Gasteiger partial charge >= 0.3 is 0 Å². The van der Waals surface area contributed by atoms with Crippen LogP contribution < -0.4 is 0 Å². The van der Waals surface area contributed by atoms with E-state index in [1.54, 1.807) is 0 Å². The minimum atomic E-state index is -0.616. The standard InChI is InChI=1S/C79H74.CH4/c1-73(2)69-39-37-55(49-71(69)75(5,6)77(73,9)10)61-43-57(51-25-15-13-16-26-51)41-59(45-61)53-29-23-31-63(47-53)79(67-35-21-19-33-65(67)66-34-20-22-36-68(66)79)64-32-24-30-54(48-64)60-42-58(52-27-17-14-18-28-52)44-62(46-60)56-38-40-70-72(50-56)76(7,8)78(11,12)74(70,3)4;/h13-50H,1-12H3;1H4. The van der Waals surface area contributed by atoms with E-state index in [9.17, 15) is 0 Å². The summed E-state index contributed by atoms with van der Waals surface area (Å²) in [5.74, 6) is 0. The predicted molar refractivity (Wildman–Crippen MR) is 343 cm³/mol. The fraction of sp³-hybridized carbons (Fsp3) is 0.250. The molecular formula is C80H78. The highest BCUT2D eigenvalue weighted by molar-refractivity contribution is 5.89. The van der Waals surface area contributed by atoms with Crippen molar-refractivity contribution in [1.29, 1.82) is 0 Å².